The quantitative estimate of drug-likeness (QED) is 0.755. The minimum atomic E-state index is -0.916. The summed E-state index contributed by atoms with van der Waals surface area (Å²) in [5.41, 5.74) is 1.49. The molecule has 0 spiro atoms. The van der Waals surface area contributed by atoms with Crippen molar-refractivity contribution in [2.45, 2.75) is 18.9 Å². The summed E-state index contributed by atoms with van der Waals surface area (Å²) >= 11 is 0. The third-order valence-electron chi connectivity index (χ3n) is 4.54. The van der Waals surface area contributed by atoms with Crippen LogP contribution in [0.15, 0.2) is 36.4 Å². The van der Waals surface area contributed by atoms with Gasteiger partial charge in [0.15, 0.2) is 17.3 Å². The molecule has 1 aliphatic heterocycles. The first kappa shape index (κ1) is 16.7. The number of ether oxygens (including phenoxy) is 1. The van der Waals surface area contributed by atoms with E-state index < -0.39 is 11.6 Å². The molecule has 0 saturated carbocycles. The van der Waals surface area contributed by atoms with Gasteiger partial charge in [0.2, 0.25) is 0 Å². The van der Waals surface area contributed by atoms with Crippen LogP contribution in [-0.2, 0) is 4.74 Å². The smallest absolute Gasteiger partial charge is 0.272 e. The lowest BCUT2D eigenvalue weighted by atomic mass is 10.0. The van der Waals surface area contributed by atoms with E-state index in [1.54, 1.807) is 18.2 Å². The van der Waals surface area contributed by atoms with Gasteiger partial charge < -0.3 is 10.1 Å². The molecule has 4 rings (SSSR count). The fraction of sp³-hybridized carbons (Fsp3) is 0.263. The highest BCUT2D eigenvalue weighted by Crippen LogP contribution is 2.28. The number of hydrogen-bond acceptors (Lipinski definition) is 3. The highest BCUT2D eigenvalue weighted by atomic mass is 19.2. The molecule has 0 aliphatic carbocycles. The highest BCUT2D eigenvalue weighted by Gasteiger charge is 2.21. The summed E-state index contributed by atoms with van der Waals surface area (Å²) in [4.78, 5) is 12.6. The van der Waals surface area contributed by atoms with E-state index in [-0.39, 0.29) is 23.2 Å². The normalized spacial score (nSPS) is 17.4. The molecule has 1 amide bonds. The second-order valence-corrected chi connectivity index (χ2v) is 6.32. The lowest BCUT2D eigenvalue weighted by Gasteiger charge is -2.22. The van der Waals surface area contributed by atoms with Gasteiger partial charge in [-0.25, -0.2) is 8.78 Å². The Kier molecular flexibility index (Phi) is 4.38. The van der Waals surface area contributed by atoms with Crippen LogP contribution in [0.5, 0.6) is 0 Å². The van der Waals surface area contributed by atoms with Crippen LogP contribution in [0, 0.1) is 11.6 Å². The standard InChI is InChI=1S/C19H17F2N3O2/c20-15-5-1-4-13(17(15)21)11-6-7-16-14(9-11)18(24-23-16)19(25)22-12-3-2-8-26-10-12/h1,4-7,9,12H,2-3,8,10H2,(H,22,25)(H,23,24). The van der Waals surface area contributed by atoms with E-state index in [1.165, 1.54) is 12.1 Å². The Balaban J connectivity index is 1.68. The minimum absolute atomic E-state index is 0.0492. The Morgan fingerprint density at radius 1 is 1.27 bits per heavy atom. The van der Waals surface area contributed by atoms with Gasteiger partial charge in [-0.3, -0.25) is 9.89 Å². The van der Waals surface area contributed by atoms with E-state index in [0.29, 0.717) is 29.7 Å². The van der Waals surface area contributed by atoms with Crippen molar-refractivity contribution >= 4 is 16.8 Å². The summed E-state index contributed by atoms with van der Waals surface area (Å²) in [7, 11) is 0. The van der Waals surface area contributed by atoms with Crippen molar-refractivity contribution in [2.75, 3.05) is 13.2 Å². The number of aromatic nitrogens is 2. The van der Waals surface area contributed by atoms with Gasteiger partial charge in [0, 0.05) is 17.6 Å². The molecule has 1 aliphatic rings. The average molecular weight is 357 g/mol. The third-order valence-corrected chi connectivity index (χ3v) is 4.54. The molecule has 2 aromatic carbocycles. The molecule has 2 N–H and O–H groups in total. The maximum absolute atomic E-state index is 14.1. The van der Waals surface area contributed by atoms with E-state index in [4.69, 9.17) is 4.74 Å². The topological polar surface area (TPSA) is 67.0 Å². The van der Waals surface area contributed by atoms with E-state index in [9.17, 15) is 13.6 Å². The average Bonchev–Trinajstić information content (AvgIpc) is 3.08. The number of hydrogen-bond donors (Lipinski definition) is 2. The predicted molar refractivity (Wildman–Crippen MR) is 92.8 cm³/mol. The second kappa shape index (κ2) is 6.84. The fourth-order valence-electron chi connectivity index (χ4n) is 3.19. The fourth-order valence-corrected chi connectivity index (χ4v) is 3.19. The summed E-state index contributed by atoms with van der Waals surface area (Å²) in [5.74, 6) is -2.14. The number of benzene rings is 2. The minimum Gasteiger partial charge on any atom is -0.379 e. The number of rotatable bonds is 3. The second-order valence-electron chi connectivity index (χ2n) is 6.32. The predicted octanol–water partition coefficient (Wildman–Crippen LogP) is 3.42. The van der Waals surface area contributed by atoms with Crippen LogP contribution in [0.1, 0.15) is 23.3 Å². The Morgan fingerprint density at radius 3 is 2.96 bits per heavy atom. The van der Waals surface area contributed by atoms with E-state index in [1.807, 2.05) is 0 Å². The van der Waals surface area contributed by atoms with Crippen molar-refractivity contribution in [1.82, 2.24) is 15.5 Å². The van der Waals surface area contributed by atoms with E-state index >= 15 is 0 Å². The number of carbonyl (C=O) groups is 1. The van der Waals surface area contributed by atoms with Gasteiger partial charge in [-0.1, -0.05) is 18.2 Å². The zero-order chi connectivity index (χ0) is 18.1. The molecule has 1 fully saturated rings. The van der Waals surface area contributed by atoms with Crippen LogP contribution in [0.3, 0.4) is 0 Å². The van der Waals surface area contributed by atoms with E-state index in [2.05, 4.69) is 15.5 Å². The number of aromatic amines is 1. The summed E-state index contributed by atoms with van der Waals surface area (Å²) in [6.07, 6.45) is 1.75. The van der Waals surface area contributed by atoms with Crippen LogP contribution in [0.2, 0.25) is 0 Å². The Morgan fingerprint density at radius 2 is 2.15 bits per heavy atom. The number of fused-ring (bicyclic) bond motifs is 1. The van der Waals surface area contributed by atoms with Crippen LogP contribution in [0.25, 0.3) is 22.0 Å². The first-order chi connectivity index (χ1) is 12.6. The summed E-state index contributed by atoms with van der Waals surface area (Å²) in [5, 5.41) is 10.4. The van der Waals surface area contributed by atoms with Gasteiger partial charge in [0.05, 0.1) is 18.2 Å². The van der Waals surface area contributed by atoms with Gasteiger partial charge in [-0.2, -0.15) is 5.10 Å². The molecule has 26 heavy (non-hydrogen) atoms. The molecule has 3 aromatic rings. The monoisotopic (exact) mass is 357 g/mol. The number of amides is 1. The van der Waals surface area contributed by atoms with Gasteiger partial charge in [-0.05, 0) is 36.6 Å². The molecule has 1 saturated heterocycles. The molecule has 1 aromatic heterocycles. The first-order valence-corrected chi connectivity index (χ1v) is 8.44. The molecule has 7 heteroatoms. The largest absolute Gasteiger partial charge is 0.379 e. The Hall–Kier alpha value is -2.80. The van der Waals surface area contributed by atoms with Gasteiger partial charge >= 0.3 is 0 Å². The Bertz CT molecular complexity index is 965. The van der Waals surface area contributed by atoms with Crippen LogP contribution in [-0.4, -0.2) is 35.4 Å². The van der Waals surface area contributed by atoms with Crippen molar-refractivity contribution in [3.05, 3.63) is 53.7 Å². The number of H-pyrrole nitrogens is 1. The lowest BCUT2D eigenvalue weighted by Crippen LogP contribution is -2.40. The summed E-state index contributed by atoms with van der Waals surface area (Å²) in [6, 6.07) is 8.97. The van der Waals surface area contributed by atoms with Gasteiger partial charge in [0.1, 0.15) is 0 Å². The highest BCUT2D eigenvalue weighted by molar-refractivity contribution is 6.05. The molecule has 5 nitrogen and oxygen atoms in total. The van der Waals surface area contributed by atoms with Crippen LogP contribution in [0.4, 0.5) is 8.78 Å². The molecule has 0 radical (unpaired) electrons. The number of nitrogens with one attached hydrogen (secondary N) is 2. The van der Waals surface area contributed by atoms with Gasteiger partial charge in [-0.15, -0.1) is 0 Å². The molecule has 1 unspecified atom stereocenters. The molecule has 134 valence electrons. The third kappa shape index (κ3) is 3.06. The zero-order valence-corrected chi connectivity index (χ0v) is 13.9. The van der Waals surface area contributed by atoms with Crippen molar-refractivity contribution in [1.29, 1.82) is 0 Å². The first-order valence-electron chi connectivity index (χ1n) is 8.44. The number of halogens is 2. The molecule has 2 heterocycles. The van der Waals surface area contributed by atoms with Crippen LogP contribution < -0.4 is 5.32 Å². The van der Waals surface area contributed by atoms with E-state index in [0.717, 1.165) is 18.9 Å². The summed E-state index contributed by atoms with van der Waals surface area (Å²) < 4.78 is 33.0. The lowest BCUT2D eigenvalue weighted by molar-refractivity contribution is 0.0622. The number of nitrogens with zero attached hydrogens (tertiary/aromatic N) is 1. The SMILES string of the molecule is O=C(NC1CCCOC1)c1n[nH]c2ccc(-c3cccc(F)c3F)cc12. The zero-order valence-electron chi connectivity index (χ0n) is 13.9. The maximum atomic E-state index is 14.1. The molecular formula is C19H17F2N3O2. The van der Waals surface area contributed by atoms with Crippen LogP contribution >= 0.6 is 0 Å². The maximum Gasteiger partial charge on any atom is 0.272 e. The molecule has 1 atom stereocenters. The van der Waals surface area contributed by atoms with Crippen molar-refractivity contribution in [3.63, 3.8) is 0 Å². The van der Waals surface area contributed by atoms with Crippen molar-refractivity contribution < 1.29 is 18.3 Å². The van der Waals surface area contributed by atoms with Gasteiger partial charge in [0.25, 0.3) is 5.91 Å². The van der Waals surface area contributed by atoms with Crippen molar-refractivity contribution in [3.8, 4) is 11.1 Å². The Labute approximate surface area is 148 Å². The molecule has 0 bridgehead atoms. The van der Waals surface area contributed by atoms with Crippen molar-refractivity contribution in [2.24, 2.45) is 0 Å². The number of carbonyl (C=O) groups excluding carboxylic acids is 1. The molecular weight excluding hydrogens is 340 g/mol. The summed E-state index contributed by atoms with van der Waals surface area (Å²) in [6.45, 7) is 1.19.